The van der Waals surface area contributed by atoms with Crippen LogP contribution in [0.2, 0.25) is 0 Å². The first-order valence-corrected chi connectivity index (χ1v) is 6.86. The van der Waals surface area contributed by atoms with Crippen molar-refractivity contribution in [2.45, 2.75) is 26.4 Å². The van der Waals surface area contributed by atoms with Crippen LogP contribution in [0.5, 0.6) is 0 Å². The highest BCUT2D eigenvalue weighted by atomic mass is 16.3. The largest absolute Gasteiger partial charge is 0.461 e. The molecule has 2 heterocycles. The van der Waals surface area contributed by atoms with Gasteiger partial charge in [0, 0.05) is 35.9 Å². The molecule has 0 unspecified atom stereocenters. The van der Waals surface area contributed by atoms with Crippen molar-refractivity contribution < 1.29 is 4.42 Å². The highest BCUT2D eigenvalue weighted by Gasteiger charge is 2.12. The number of nitrogens with zero attached hydrogens (tertiary/aromatic N) is 1. The van der Waals surface area contributed by atoms with Gasteiger partial charge in [0.15, 0.2) is 0 Å². The molecule has 20 heavy (non-hydrogen) atoms. The number of benzene rings is 1. The van der Waals surface area contributed by atoms with Crippen LogP contribution in [0.3, 0.4) is 0 Å². The van der Waals surface area contributed by atoms with Gasteiger partial charge in [0.05, 0.1) is 0 Å². The zero-order chi connectivity index (χ0) is 13.9. The van der Waals surface area contributed by atoms with Gasteiger partial charge in [0.25, 0.3) is 0 Å². The molecule has 0 bridgehead atoms. The maximum absolute atomic E-state index is 5.78. The van der Waals surface area contributed by atoms with Crippen molar-refractivity contribution in [1.29, 1.82) is 0 Å². The van der Waals surface area contributed by atoms with Crippen molar-refractivity contribution in [3.63, 3.8) is 0 Å². The fraction of sp³-hybridized carbons (Fsp3) is 0.235. The molecule has 0 radical (unpaired) electrons. The number of pyridine rings is 1. The summed E-state index contributed by atoms with van der Waals surface area (Å²) < 4.78 is 5.78. The van der Waals surface area contributed by atoms with Gasteiger partial charge < -0.3 is 9.73 Å². The minimum absolute atomic E-state index is 0.261. The average Bonchev–Trinajstić information content (AvgIpc) is 2.81. The molecule has 0 spiro atoms. The van der Waals surface area contributed by atoms with E-state index in [9.17, 15) is 0 Å². The van der Waals surface area contributed by atoms with Crippen LogP contribution in [-0.2, 0) is 6.54 Å². The molecule has 0 saturated heterocycles. The Morgan fingerprint density at radius 3 is 2.85 bits per heavy atom. The molecule has 3 nitrogen and oxygen atoms in total. The van der Waals surface area contributed by atoms with Gasteiger partial charge in [-0.2, -0.15) is 0 Å². The van der Waals surface area contributed by atoms with Crippen LogP contribution in [0.4, 0.5) is 0 Å². The van der Waals surface area contributed by atoms with Crippen molar-refractivity contribution in [2.75, 3.05) is 0 Å². The molecular formula is C17H18N2O. The average molecular weight is 266 g/mol. The highest BCUT2D eigenvalue weighted by molar-refractivity contribution is 5.82. The first-order valence-electron chi connectivity index (χ1n) is 6.86. The van der Waals surface area contributed by atoms with Crippen molar-refractivity contribution >= 4 is 11.0 Å². The number of aryl methyl sites for hydroxylation is 1. The van der Waals surface area contributed by atoms with Crippen molar-refractivity contribution in [3.05, 3.63) is 65.7 Å². The molecule has 3 heteroatoms. The van der Waals surface area contributed by atoms with E-state index in [1.807, 2.05) is 37.4 Å². The van der Waals surface area contributed by atoms with Crippen LogP contribution in [0, 0.1) is 6.92 Å². The Kier molecular flexibility index (Phi) is 3.52. The second kappa shape index (κ2) is 5.47. The van der Waals surface area contributed by atoms with E-state index in [-0.39, 0.29) is 6.04 Å². The molecule has 2 aromatic heterocycles. The second-order valence-electron chi connectivity index (χ2n) is 5.02. The Balaban J connectivity index is 1.79. The first kappa shape index (κ1) is 12.9. The van der Waals surface area contributed by atoms with Gasteiger partial charge in [-0.25, -0.2) is 0 Å². The maximum Gasteiger partial charge on any atom is 0.134 e. The Bertz CT molecular complexity index is 703. The normalized spacial score (nSPS) is 12.7. The fourth-order valence-corrected chi connectivity index (χ4v) is 2.45. The Labute approximate surface area is 118 Å². The van der Waals surface area contributed by atoms with E-state index in [2.05, 4.69) is 29.4 Å². The zero-order valence-electron chi connectivity index (χ0n) is 11.8. The standard InChI is InChI=1S/C17H18N2O/c1-12(14-6-5-9-18-10-14)19-11-16-13(2)20-17-8-4-3-7-15(16)17/h3-10,12,19H,11H2,1-2H3/t12-/m0/s1. The lowest BCUT2D eigenvalue weighted by molar-refractivity contribution is 0.543. The van der Waals surface area contributed by atoms with Crippen molar-refractivity contribution in [2.24, 2.45) is 0 Å². The smallest absolute Gasteiger partial charge is 0.134 e. The van der Waals surface area contributed by atoms with E-state index in [0.29, 0.717) is 0 Å². The monoisotopic (exact) mass is 266 g/mol. The molecule has 1 N–H and O–H groups in total. The van der Waals surface area contributed by atoms with Crippen molar-refractivity contribution in [1.82, 2.24) is 10.3 Å². The molecule has 0 fully saturated rings. The SMILES string of the molecule is Cc1oc2ccccc2c1CN[C@@H](C)c1cccnc1. The molecule has 102 valence electrons. The summed E-state index contributed by atoms with van der Waals surface area (Å²) in [5.74, 6) is 0.983. The summed E-state index contributed by atoms with van der Waals surface area (Å²) in [6.07, 6.45) is 3.70. The zero-order valence-corrected chi connectivity index (χ0v) is 11.8. The molecule has 3 rings (SSSR count). The van der Waals surface area contributed by atoms with Crippen molar-refractivity contribution in [3.8, 4) is 0 Å². The second-order valence-corrected chi connectivity index (χ2v) is 5.02. The summed E-state index contributed by atoms with van der Waals surface area (Å²) in [5, 5.41) is 4.72. The summed E-state index contributed by atoms with van der Waals surface area (Å²) in [5.41, 5.74) is 3.38. The molecular weight excluding hydrogens is 248 g/mol. The summed E-state index contributed by atoms with van der Waals surface area (Å²) in [6.45, 7) is 4.96. The van der Waals surface area contributed by atoms with Crippen LogP contribution in [-0.4, -0.2) is 4.98 Å². The Hall–Kier alpha value is -2.13. The van der Waals surface area contributed by atoms with Gasteiger partial charge in [-0.3, -0.25) is 4.98 Å². The van der Waals surface area contributed by atoms with Gasteiger partial charge >= 0.3 is 0 Å². The van der Waals surface area contributed by atoms with Gasteiger partial charge in [-0.15, -0.1) is 0 Å². The van der Waals surface area contributed by atoms with E-state index in [1.54, 1.807) is 6.20 Å². The quantitative estimate of drug-likeness (QED) is 0.776. The first-order chi connectivity index (χ1) is 9.75. The third-order valence-corrected chi connectivity index (χ3v) is 3.67. The van der Waals surface area contributed by atoms with E-state index < -0.39 is 0 Å². The van der Waals surface area contributed by atoms with Crippen LogP contribution in [0.25, 0.3) is 11.0 Å². The predicted molar refractivity (Wildman–Crippen MR) is 80.4 cm³/mol. The summed E-state index contributed by atoms with van der Waals surface area (Å²) in [7, 11) is 0. The van der Waals surface area contributed by atoms with Gasteiger partial charge in [-0.05, 0) is 31.5 Å². The topological polar surface area (TPSA) is 38.1 Å². The Morgan fingerprint density at radius 1 is 1.20 bits per heavy atom. The summed E-state index contributed by atoms with van der Waals surface area (Å²) in [6, 6.07) is 12.5. The molecule has 1 aromatic carbocycles. The molecule has 0 aliphatic carbocycles. The minimum Gasteiger partial charge on any atom is -0.461 e. The number of hydrogen-bond acceptors (Lipinski definition) is 3. The fourth-order valence-electron chi connectivity index (χ4n) is 2.45. The number of para-hydroxylation sites is 1. The van der Waals surface area contributed by atoms with E-state index in [1.165, 1.54) is 16.5 Å². The number of fused-ring (bicyclic) bond motifs is 1. The Morgan fingerprint density at radius 2 is 2.05 bits per heavy atom. The molecule has 0 aliphatic heterocycles. The third-order valence-electron chi connectivity index (χ3n) is 3.67. The van der Waals surface area contributed by atoms with Crippen LogP contribution in [0.15, 0.2) is 53.2 Å². The summed E-state index contributed by atoms with van der Waals surface area (Å²) in [4.78, 5) is 4.16. The predicted octanol–water partition coefficient (Wildman–Crippen LogP) is 3.99. The molecule has 1 atom stereocenters. The lowest BCUT2D eigenvalue weighted by Gasteiger charge is -2.13. The van der Waals surface area contributed by atoms with Gasteiger partial charge in [0.1, 0.15) is 11.3 Å². The van der Waals surface area contributed by atoms with Gasteiger partial charge in [-0.1, -0.05) is 24.3 Å². The number of aromatic nitrogens is 1. The summed E-state index contributed by atoms with van der Waals surface area (Å²) >= 11 is 0. The number of furan rings is 1. The van der Waals surface area contributed by atoms with E-state index in [0.717, 1.165) is 17.9 Å². The third kappa shape index (κ3) is 2.45. The van der Waals surface area contributed by atoms with Gasteiger partial charge in [0.2, 0.25) is 0 Å². The van der Waals surface area contributed by atoms with Crippen LogP contribution < -0.4 is 5.32 Å². The molecule has 3 aromatic rings. The van der Waals surface area contributed by atoms with E-state index >= 15 is 0 Å². The lowest BCUT2D eigenvalue weighted by atomic mass is 10.1. The molecule has 0 aliphatic rings. The number of rotatable bonds is 4. The molecule has 0 saturated carbocycles. The lowest BCUT2D eigenvalue weighted by Crippen LogP contribution is -2.18. The number of hydrogen-bond donors (Lipinski definition) is 1. The maximum atomic E-state index is 5.78. The highest BCUT2D eigenvalue weighted by Crippen LogP contribution is 2.25. The van der Waals surface area contributed by atoms with Crippen LogP contribution in [0.1, 0.15) is 29.9 Å². The number of nitrogens with one attached hydrogen (secondary N) is 1. The minimum atomic E-state index is 0.261. The molecule has 0 amide bonds. The van der Waals surface area contributed by atoms with Crippen LogP contribution >= 0.6 is 0 Å². The van der Waals surface area contributed by atoms with E-state index in [4.69, 9.17) is 4.42 Å².